The number of fused-ring (bicyclic) bond motifs is 3. The van der Waals surface area contributed by atoms with E-state index in [-0.39, 0.29) is 17.4 Å². The highest BCUT2D eigenvalue weighted by atomic mass is 16.5. The maximum absolute atomic E-state index is 14.1. The van der Waals surface area contributed by atoms with Crippen molar-refractivity contribution in [2.45, 2.75) is 62.5 Å². The third-order valence-electron chi connectivity index (χ3n) is 7.98. The molecular weight excluding hydrogens is 376 g/mol. The van der Waals surface area contributed by atoms with Crippen molar-refractivity contribution in [1.29, 1.82) is 0 Å². The zero-order chi connectivity index (χ0) is 21.1. The van der Waals surface area contributed by atoms with Gasteiger partial charge in [0.2, 0.25) is 0 Å². The van der Waals surface area contributed by atoms with Crippen LogP contribution >= 0.6 is 0 Å². The van der Waals surface area contributed by atoms with Gasteiger partial charge in [-0.15, -0.1) is 0 Å². The topological polar surface area (TPSA) is 71.2 Å². The standard InChI is InChI=1S/C24H34N4O2/c1-27(2)12-13-28-21(29)24(26-22(28)25)20-14-17(16-4-5-16)6-7-18(20)15-23(24)10-8-19(30-3)9-11-23/h6-7,14,16,19H,4-5,8-13,15H2,1-3H3,(H2,25,26). The molecule has 2 saturated carbocycles. The van der Waals surface area contributed by atoms with Gasteiger partial charge in [0, 0.05) is 25.6 Å². The summed E-state index contributed by atoms with van der Waals surface area (Å²) >= 11 is 0. The number of benzene rings is 1. The summed E-state index contributed by atoms with van der Waals surface area (Å²) < 4.78 is 5.65. The summed E-state index contributed by atoms with van der Waals surface area (Å²) in [5, 5.41) is 0. The van der Waals surface area contributed by atoms with Gasteiger partial charge < -0.3 is 15.4 Å². The maximum atomic E-state index is 14.1. The lowest BCUT2D eigenvalue weighted by atomic mass is 9.61. The molecule has 1 aromatic rings. The summed E-state index contributed by atoms with van der Waals surface area (Å²) in [6, 6.07) is 6.85. The Morgan fingerprint density at radius 2 is 1.97 bits per heavy atom. The molecule has 2 spiro atoms. The minimum absolute atomic E-state index is 0.0874. The van der Waals surface area contributed by atoms with Crippen molar-refractivity contribution in [1.82, 2.24) is 9.80 Å². The van der Waals surface area contributed by atoms with Crippen LogP contribution in [0.5, 0.6) is 0 Å². The first-order valence-corrected chi connectivity index (χ1v) is 11.4. The van der Waals surface area contributed by atoms with Crippen LogP contribution in [0.1, 0.15) is 61.1 Å². The number of nitrogens with two attached hydrogens (primary N) is 1. The van der Waals surface area contributed by atoms with Crippen molar-refractivity contribution in [2.75, 3.05) is 34.3 Å². The molecule has 0 radical (unpaired) electrons. The lowest BCUT2D eigenvalue weighted by Crippen LogP contribution is -2.53. The smallest absolute Gasteiger partial charge is 0.262 e. The Labute approximate surface area is 179 Å². The van der Waals surface area contributed by atoms with Crippen molar-refractivity contribution in [3.8, 4) is 0 Å². The number of carbonyl (C=O) groups is 1. The molecule has 5 rings (SSSR count). The van der Waals surface area contributed by atoms with E-state index in [9.17, 15) is 4.79 Å². The number of rotatable bonds is 5. The molecule has 0 bridgehead atoms. The minimum atomic E-state index is -0.859. The number of hydrogen-bond donors (Lipinski definition) is 1. The Balaban J connectivity index is 1.59. The molecule has 1 amide bonds. The van der Waals surface area contributed by atoms with E-state index >= 15 is 0 Å². The van der Waals surface area contributed by atoms with Gasteiger partial charge in [0.05, 0.1) is 6.10 Å². The Kier molecular flexibility index (Phi) is 4.71. The molecule has 162 valence electrons. The molecule has 1 aromatic carbocycles. The predicted octanol–water partition coefficient (Wildman–Crippen LogP) is 2.61. The summed E-state index contributed by atoms with van der Waals surface area (Å²) in [6.45, 7) is 1.35. The normalized spacial score (nSPS) is 33.1. The average Bonchev–Trinajstić information content (AvgIpc) is 3.50. The average molecular weight is 411 g/mol. The van der Waals surface area contributed by atoms with E-state index in [0.29, 0.717) is 18.4 Å². The van der Waals surface area contributed by atoms with Gasteiger partial charge in [-0.3, -0.25) is 9.69 Å². The molecule has 1 aliphatic heterocycles. The highest BCUT2D eigenvalue weighted by Gasteiger charge is 2.66. The number of amides is 1. The Bertz CT molecular complexity index is 883. The van der Waals surface area contributed by atoms with Gasteiger partial charge in [0.25, 0.3) is 5.91 Å². The van der Waals surface area contributed by atoms with Gasteiger partial charge in [-0.25, -0.2) is 4.99 Å². The number of guanidine groups is 1. The van der Waals surface area contributed by atoms with Crippen molar-refractivity contribution in [2.24, 2.45) is 16.1 Å². The largest absolute Gasteiger partial charge is 0.381 e. The molecule has 30 heavy (non-hydrogen) atoms. The fraction of sp³-hybridized carbons (Fsp3) is 0.667. The van der Waals surface area contributed by atoms with Crippen molar-refractivity contribution in [3.05, 3.63) is 34.9 Å². The second kappa shape index (κ2) is 7.06. The zero-order valence-corrected chi connectivity index (χ0v) is 18.5. The first-order chi connectivity index (χ1) is 14.4. The third kappa shape index (κ3) is 2.83. The van der Waals surface area contributed by atoms with Crippen LogP contribution in [-0.4, -0.2) is 62.1 Å². The molecule has 2 fully saturated rings. The van der Waals surface area contributed by atoms with E-state index in [4.69, 9.17) is 15.5 Å². The van der Waals surface area contributed by atoms with Gasteiger partial charge in [-0.2, -0.15) is 0 Å². The van der Waals surface area contributed by atoms with E-state index in [1.807, 2.05) is 14.1 Å². The van der Waals surface area contributed by atoms with Gasteiger partial charge in [-0.05, 0) is 81.6 Å². The molecule has 4 aliphatic rings. The molecule has 6 heteroatoms. The molecule has 1 heterocycles. The number of methoxy groups -OCH3 is 1. The summed E-state index contributed by atoms with van der Waals surface area (Å²) in [5.41, 5.74) is 9.16. The predicted molar refractivity (Wildman–Crippen MR) is 117 cm³/mol. The molecule has 3 aliphatic carbocycles. The second-order valence-electron chi connectivity index (χ2n) is 10.0. The van der Waals surface area contributed by atoms with Crippen LogP contribution < -0.4 is 5.73 Å². The number of nitrogens with zero attached hydrogens (tertiary/aromatic N) is 3. The van der Waals surface area contributed by atoms with Gasteiger partial charge in [0.15, 0.2) is 11.5 Å². The summed E-state index contributed by atoms with van der Waals surface area (Å²) in [5.74, 6) is 1.12. The van der Waals surface area contributed by atoms with E-state index in [1.54, 1.807) is 12.0 Å². The summed E-state index contributed by atoms with van der Waals surface area (Å²) in [4.78, 5) is 23.0. The molecule has 1 unspecified atom stereocenters. The number of likely N-dealkylation sites (N-methyl/N-ethyl adjacent to an activating group) is 1. The Hall–Kier alpha value is -1.92. The van der Waals surface area contributed by atoms with Crippen molar-refractivity contribution in [3.63, 3.8) is 0 Å². The van der Waals surface area contributed by atoms with Gasteiger partial charge >= 0.3 is 0 Å². The zero-order valence-electron chi connectivity index (χ0n) is 18.5. The highest BCUT2D eigenvalue weighted by molar-refractivity contribution is 6.08. The second-order valence-corrected chi connectivity index (χ2v) is 10.0. The Morgan fingerprint density at radius 3 is 2.60 bits per heavy atom. The van der Waals surface area contributed by atoms with Crippen LogP contribution in [0.15, 0.2) is 23.2 Å². The summed E-state index contributed by atoms with van der Waals surface area (Å²) in [7, 11) is 5.83. The van der Waals surface area contributed by atoms with Crippen LogP contribution in [0.2, 0.25) is 0 Å². The number of ether oxygens (including phenoxy) is 1. The summed E-state index contributed by atoms with van der Waals surface area (Å²) in [6.07, 6.45) is 7.53. The Morgan fingerprint density at radius 1 is 1.23 bits per heavy atom. The fourth-order valence-electron chi connectivity index (χ4n) is 6.07. The van der Waals surface area contributed by atoms with Crippen molar-refractivity contribution < 1.29 is 9.53 Å². The van der Waals surface area contributed by atoms with E-state index in [2.05, 4.69) is 23.1 Å². The molecule has 2 N–H and O–H groups in total. The van der Waals surface area contributed by atoms with Crippen LogP contribution in [0.4, 0.5) is 0 Å². The first kappa shape index (κ1) is 20.0. The number of carbonyl (C=O) groups excluding carboxylic acids is 1. The number of hydrogen-bond acceptors (Lipinski definition) is 5. The van der Waals surface area contributed by atoms with Gasteiger partial charge in [0.1, 0.15) is 0 Å². The third-order valence-corrected chi connectivity index (χ3v) is 7.98. The quantitative estimate of drug-likeness (QED) is 0.810. The molecule has 0 saturated heterocycles. The monoisotopic (exact) mass is 410 g/mol. The van der Waals surface area contributed by atoms with E-state index < -0.39 is 5.54 Å². The molecular formula is C24H34N4O2. The van der Waals surface area contributed by atoms with Crippen LogP contribution in [0.3, 0.4) is 0 Å². The lowest BCUT2D eigenvalue weighted by Gasteiger charge is -2.45. The van der Waals surface area contributed by atoms with Gasteiger partial charge in [-0.1, -0.05) is 18.2 Å². The number of aliphatic imine (C=N–C) groups is 1. The lowest BCUT2D eigenvalue weighted by molar-refractivity contribution is -0.138. The maximum Gasteiger partial charge on any atom is 0.262 e. The molecule has 0 aromatic heterocycles. The van der Waals surface area contributed by atoms with Crippen molar-refractivity contribution >= 4 is 11.9 Å². The van der Waals surface area contributed by atoms with E-state index in [0.717, 1.165) is 44.2 Å². The van der Waals surface area contributed by atoms with Crippen LogP contribution in [0.25, 0.3) is 0 Å². The van der Waals surface area contributed by atoms with E-state index in [1.165, 1.54) is 24.0 Å². The van der Waals surface area contributed by atoms with Crippen LogP contribution in [-0.2, 0) is 21.5 Å². The first-order valence-electron chi connectivity index (χ1n) is 11.4. The highest BCUT2D eigenvalue weighted by Crippen LogP contribution is 2.62. The molecule has 6 nitrogen and oxygen atoms in total. The fourth-order valence-corrected chi connectivity index (χ4v) is 6.07. The SMILES string of the molecule is COC1CCC2(CC1)Cc1ccc(C3CC3)cc1C21N=C(N)N(CCN(C)C)C1=O. The van der Waals surface area contributed by atoms with Crippen LogP contribution in [0, 0.1) is 5.41 Å². The minimum Gasteiger partial charge on any atom is -0.381 e. The molecule has 1 atom stereocenters.